The number of ether oxygens (including phenoxy) is 2. The Balaban J connectivity index is 1.67. The fourth-order valence-corrected chi connectivity index (χ4v) is 4.11. The Labute approximate surface area is 175 Å². The predicted molar refractivity (Wildman–Crippen MR) is 107 cm³/mol. The molecule has 0 radical (unpaired) electrons. The van der Waals surface area contributed by atoms with E-state index in [0.717, 1.165) is 11.3 Å². The number of carbonyl (C=O) groups is 2. The summed E-state index contributed by atoms with van der Waals surface area (Å²) in [6.45, 7) is 1.34. The second-order valence-electron chi connectivity index (χ2n) is 6.17. The average molecular weight is 440 g/mol. The molecule has 0 aliphatic carbocycles. The van der Waals surface area contributed by atoms with Crippen LogP contribution >= 0.6 is 22.9 Å². The van der Waals surface area contributed by atoms with Gasteiger partial charge in [-0.05, 0) is 18.2 Å². The van der Waals surface area contributed by atoms with Crippen LogP contribution < -0.4 is 9.47 Å². The van der Waals surface area contributed by atoms with E-state index in [2.05, 4.69) is 0 Å². The fourth-order valence-electron chi connectivity index (χ4n) is 3.03. The molecule has 0 N–H and O–H groups in total. The molecule has 154 valence electrons. The highest BCUT2D eigenvalue weighted by atomic mass is 35.5. The summed E-state index contributed by atoms with van der Waals surface area (Å²) < 4.78 is 10.4. The molecule has 1 aromatic heterocycles. The Hall–Kier alpha value is -2.85. The van der Waals surface area contributed by atoms with Gasteiger partial charge in [0.05, 0.1) is 29.0 Å². The summed E-state index contributed by atoms with van der Waals surface area (Å²) in [5, 5.41) is 11.0. The molecule has 9 nitrogen and oxygen atoms in total. The monoisotopic (exact) mass is 439 g/mol. The Bertz CT molecular complexity index is 955. The first kappa shape index (κ1) is 20.9. The number of benzene rings is 1. The number of thiophene rings is 1. The van der Waals surface area contributed by atoms with E-state index < -0.39 is 4.92 Å². The maximum atomic E-state index is 12.8. The number of piperazine rings is 1. The summed E-state index contributed by atoms with van der Waals surface area (Å²) >= 11 is 7.02. The minimum atomic E-state index is -0.522. The van der Waals surface area contributed by atoms with Crippen LogP contribution in [0.2, 0.25) is 5.02 Å². The zero-order valence-corrected chi connectivity index (χ0v) is 17.3. The minimum absolute atomic E-state index is 0.0764. The van der Waals surface area contributed by atoms with Gasteiger partial charge in [-0.2, -0.15) is 0 Å². The number of rotatable bonds is 5. The van der Waals surface area contributed by atoms with Crippen molar-refractivity contribution in [2.75, 3.05) is 40.4 Å². The van der Waals surface area contributed by atoms with Crippen LogP contribution in [-0.2, 0) is 0 Å². The number of amides is 2. The normalized spacial score (nSPS) is 13.9. The molecule has 1 saturated heterocycles. The van der Waals surface area contributed by atoms with Gasteiger partial charge in [-0.1, -0.05) is 22.9 Å². The number of hydrogen-bond donors (Lipinski definition) is 0. The molecule has 11 heteroatoms. The van der Waals surface area contributed by atoms with E-state index in [1.54, 1.807) is 15.9 Å². The molecule has 0 saturated carbocycles. The summed E-state index contributed by atoms with van der Waals surface area (Å²) in [5.41, 5.74) is 0.362. The molecule has 0 unspecified atom stereocenters. The summed E-state index contributed by atoms with van der Waals surface area (Å²) in [5.74, 6) is 0.207. The maximum Gasteiger partial charge on any atom is 0.324 e. The first-order chi connectivity index (χ1) is 13.8. The lowest BCUT2D eigenvalue weighted by molar-refractivity contribution is -0.380. The van der Waals surface area contributed by atoms with Gasteiger partial charge in [-0.3, -0.25) is 19.7 Å². The van der Waals surface area contributed by atoms with Gasteiger partial charge in [0.15, 0.2) is 11.5 Å². The molecular weight excluding hydrogens is 422 g/mol. The van der Waals surface area contributed by atoms with Crippen molar-refractivity contribution in [3.8, 4) is 11.5 Å². The summed E-state index contributed by atoms with van der Waals surface area (Å²) in [7, 11) is 2.92. The Morgan fingerprint density at radius 2 is 1.69 bits per heavy atom. The first-order valence-corrected chi connectivity index (χ1v) is 9.79. The Morgan fingerprint density at radius 3 is 2.21 bits per heavy atom. The first-order valence-electron chi connectivity index (χ1n) is 8.60. The standard InChI is InChI=1S/C18H18ClN3O6S/c1-27-13-10-11(9-12(19)16(13)28-2)17(23)20-5-7-21(8-6-20)18(24)14-3-4-15(29-14)22(25)26/h3-4,9-10H,5-8H2,1-2H3. The molecule has 0 bridgehead atoms. The lowest BCUT2D eigenvalue weighted by Gasteiger charge is -2.34. The average Bonchev–Trinajstić information content (AvgIpc) is 3.22. The molecule has 3 rings (SSSR count). The lowest BCUT2D eigenvalue weighted by Crippen LogP contribution is -2.50. The smallest absolute Gasteiger partial charge is 0.324 e. The Morgan fingerprint density at radius 1 is 1.07 bits per heavy atom. The molecule has 2 heterocycles. The predicted octanol–water partition coefficient (Wildman–Crippen LogP) is 2.93. The second-order valence-corrected chi connectivity index (χ2v) is 7.64. The van der Waals surface area contributed by atoms with Crippen molar-refractivity contribution >= 4 is 39.8 Å². The quantitative estimate of drug-likeness (QED) is 0.524. The van der Waals surface area contributed by atoms with Crippen LogP contribution in [-0.4, -0.2) is 66.9 Å². The van der Waals surface area contributed by atoms with Gasteiger partial charge in [-0.15, -0.1) is 0 Å². The van der Waals surface area contributed by atoms with Gasteiger partial charge in [0.1, 0.15) is 0 Å². The molecular formula is C18H18ClN3O6S. The van der Waals surface area contributed by atoms with E-state index in [1.165, 1.54) is 32.4 Å². The number of hydrogen-bond acceptors (Lipinski definition) is 7. The van der Waals surface area contributed by atoms with Gasteiger partial charge >= 0.3 is 5.00 Å². The van der Waals surface area contributed by atoms with E-state index in [9.17, 15) is 19.7 Å². The van der Waals surface area contributed by atoms with Crippen LogP contribution in [0.25, 0.3) is 0 Å². The molecule has 1 fully saturated rings. The molecule has 2 amide bonds. The molecule has 2 aromatic rings. The number of nitro groups is 1. The third kappa shape index (κ3) is 4.28. The SMILES string of the molecule is COc1cc(C(=O)N2CCN(C(=O)c3ccc([N+](=O)[O-])s3)CC2)cc(Cl)c1OC. The van der Waals surface area contributed by atoms with E-state index in [-0.39, 0.29) is 21.8 Å². The van der Waals surface area contributed by atoms with E-state index >= 15 is 0 Å². The van der Waals surface area contributed by atoms with Crippen LogP contribution in [0, 0.1) is 10.1 Å². The van der Waals surface area contributed by atoms with Crippen molar-refractivity contribution < 1.29 is 24.0 Å². The highest BCUT2D eigenvalue weighted by Crippen LogP contribution is 2.36. The van der Waals surface area contributed by atoms with E-state index in [0.29, 0.717) is 48.1 Å². The van der Waals surface area contributed by atoms with Crippen LogP contribution in [0.5, 0.6) is 11.5 Å². The zero-order valence-electron chi connectivity index (χ0n) is 15.7. The molecule has 1 aromatic carbocycles. The van der Waals surface area contributed by atoms with Gasteiger partial charge in [0.25, 0.3) is 11.8 Å². The van der Waals surface area contributed by atoms with Gasteiger partial charge in [0, 0.05) is 37.8 Å². The highest BCUT2D eigenvalue weighted by Gasteiger charge is 2.28. The van der Waals surface area contributed by atoms with E-state index in [1.807, 2.05) is 0 Å². The second kappa shape index (κ2) is 8.66. The third-order valence-electron chi connectivity index (χ3n) is 4.52. The van der Waals surface area contributed by atoms with Crippen molar-refractivity contribution in [1.29, 1.82) is 0 Å². The maximum absolute atomic E-state index is 12.8. The van der Waals surface area contributed by atoms with Gasteiger partial charge in [-0.25, -0.2) is 0 Å². The number of methoxy groups -OCH3 is 2. The van der Waals surface area contributed by atoms with Crippen molar-refractivity contribution in [2.45, 2.75) is 0 Å². The summed E-state index contributed by atoms with van der Waals surface area (Å²) in [6.07, 6.45) is 0. The summed E-state index contributed by atoms with van der Waals surface area (Å²) in [6, 6.07) is 5.86. The van der Waals surface area contributed by atoms with Crippen LogP contribution in [0.4, 0.5) is 5.00 Å². The van der Waals surface area contributed by atoms with Crippen LogP contribution in [0.15, 0.2) is 24.3 Å². The van der Waals surface area contributed by atoms with Crippen molar-refractivity contribution in [3.63, 3.8) is 0 Å². The van der Waals surface area contributed by atoms with Crippen molar-refractivity contribution in [1.82, 2.24) is 9.80 Å². The number of halogens is 1. The number of nitrogens with zero attached hydrogens (tertiary/aromatic N) is 3. The van der Waals surface area contributed by atoms with Crippen molar-refractivity contribution in [2.24, 2.45) is 0 Å². The molecule has 29 heavy (non-hydrogen) atoms. The van der Waals surface area contributed by atoms with Crippen LogP contribution in [0.1, 0.15) is 20.0 Å². The molecule has 1 aliphatic rings. The van der Waals surface area contributed by atoms with Gasteiger partial charge in [0.2, 0.25) is 0 Å². The molecule has 0 atom stereocenters. The third-order valence-corrected chi connectivity index (χ3v) is 5.82. The van der Waals surface area contributed by atoms with Gasteiger partial charge < -0.3 is 19.3 Å². The number of carbonyl (C=O) groups excluding carboxylic acids is 2. The zero-order chi connectivity index (χ0) is 21.1. The lowest BCUT2D eigenvalue weighted by atomic mass is 10.1. The topological polar surface area (TPSA) is 102 Å². The van der Waals surface area contributed by atoms with Crippen molar-refractivity contribution in [3.05, 3.63) is 49.8 Å². The van der Waals surface area contributed by atoms with E-state index in [4.69, 9.17) is 21.1 Å². The highest BCUT2D eigenvalue weighted by molar-refractivity contribution is 7.17. The molecule has 0 spiro atoms. The minimum Gasteiger partial charge on any atom is -0.493 e. The Kier molecular flexibility index (Phi) is 6.23. The summed E-state index contributed by atoms with van der Waals surface area (Å²) in [4.78, 5) is 39.2. The fraction of sp³-hybridized carbons (Fsp3) is 0.333. The largest absolute Gasteiger partial charge is 0.493 e. The van der Waals surface area contributed by atoms with Crippen LogP contribution in [0.3, 0.4) is 0 Å². The molecule has 1 aliphatic heterocycles.